The first-order valence-electron chi connectivity index (χ1n) is 6.29. The lowest BCUT2D eigenvalue weighted by Crippen LogP contribution is -2.20. The third-order valence-corrected chi connectivity index (χ3v) is 2.57. The van der Waals surface area contributed by atoms with Gasteiger partial charge in [-0.05, 0) is 11.6 Å². The molecule has 5 nitrogen and oxygen atoms in total. The molecular weight excluding hydrogens is 252 g/mol. The van der Waals surface area contributed by atoms with E-state index in [2.05, 4.69) is 22.2 Å². The van der Waals surface area contributed by atoms with Gasteiger partial charge >= 0.3 is 0 Å². The molecule has 0 unspecified atom stereocenters. The van der Waals surface area contributed by atoms with Gasteiger partial charge in [0.2, 0.25) is 5.91 Å². The lowest BCUT2D eigenvalue weighted by Gasteiger charge is -1.98. The average molecular weight is 268 g/mol. The predicted molar refractivity (Wildman–Crippen MR) is 77.8 cm³/mol. The molecule has 0 spiro atoms. The van der Waals surface area contributed by atoms with Crippen molar-refractivity contribution in [3.05, 3.63) is 66.5 Å². The number of nitrogens with one attached hydrogen (secondary N) is 1. The summed E-state index contributed by atoms with van der Waals surface area (Å²) in [6.07, 6.45) is 6.49. The van der Waals surface area contributed by atoms with E-state index < -0.39 is 0 Å². The number of rotatable bonds is 6. The highest BCUT2D eigenvalue weighted by Crippen LogP contribution is 2.03. The van der Waals surface area contributed by atoms with Gasteiger partial charge in [-0.25, -0.2) is 4.68 Å². The quantitative estimate of drug-likeness (QED) is 0.640. The second-order valence-corrected chi connectivity index (χ2v) is 4.19. The summed E-state index contributed by atoms with van der Waals surface area (Å²) < 4.78 is 1.73. The molecule has 1 amide bonds. The molecule has 2 rings (SSSR count). The van der Waals surface area contributed by atoms with Crippen molar-refractivity contribution in [2.24, 2.45) is 0 Å². The van der Waals surface area contributed by atoms with Gasteiger partial charge in [0.25, 0.3) is 0 Å². The molecule has 1 aromatic carbocycles. The lowest BCUT2D eigenvalue weighted by molar-refractivity contribution is -0.116. The first-order valence-corrected chi connectivity index (χ1v) is 6.29. The van der Waals surface area contributed by atoms with Crippen molar-refractivity contribution < 1.29 is 4.79 Å². The van der Waals surface area contributed by atoms with E-state index in [1.807, 2.05) is 30.3 Å². The summed E-state index contributed by atoms with van der Waals surface area (Å²) in [7, 11) is 0. The van der Waals surface area contributed by atoms with Crippen LogP contribution < -0.4 is 5.32 Å². The number of aromatic nitrogens is 3. The standard InChI is InChI=1S/C15H16N4O/c1-2-10-16-15(20)9-8-14-12-19(18-17-14)11-13-6-4-3-5-7-13/h2-9,12H,1,10-11H2,(H,16,20)/b9-8+. The minimum atomic E-state index is -0.178. The molecule has 0 saturated heterocycles. The highest BCUT2D eigenvalue weighted by Gasteiger charge is 1.99. The van der Waals surface area contributed by atoms with E-state index in [-0.39, 0.29) is 5.91 Å². The number of nitrogens with zero attached hydrogens (tertiary/aromatic N) is 3. The zero-order valence-electron chi connectivity index (χ0n) is 11.1. The second kappa shape index (κ2) is 7.04. The van der Waals surface area contributed by atoms with E-state index in [1.54, 1.807) is 23.0 Å². The van der Waals surface area contributed by atoms with E-state index in [1.165, 1.54) is 6.08 Å². The molecule has 0 bridgehead atoms. The Balaban J connectivity index is 1.94. The molecule has 2 aromatic rings. The number of amides is 1. The summed E-state index contributed by atoms with van der Waals surface area (Å²) in [6, 6.07) is 9.99. The summed E-state index contributed by atoms with van der Waals surface area (Å²) in [5, 5.41) is 10.7. The Hall–Kier alpha value is -2.69. The van der Waals surface area contributed by atoms with Crippen LogP contribution in [0.5, 0.6) is 0 Å². The van der Waals surface area contributed by atoms with Gasteiger partial charge in [-0.15, -0.1) is 11.7 Å². The molecule has 20 heavy (non-hydrogen) atoms. The predicted octanol–water partition coefficient (Wildman–Crippen LogP) is 1.64. The topological polar surface area (TPSA) is 59.8 Å². The van der Waals surface area contributed by atoms with Crippen LogP contribution in [0.3, 0.4) is 0 Å². The Morgan fingerprint density at radius 1 is 1.35 bits per heavy atom. The molecule has 102 valence electrons. The number of carbonyl (C=O) groups excluding carboxylic acids is 1. The summed E-state index contributed by atoms with van der Waals surface area (Å²) in [4.78, 5) is 11.4. The minimum absolute atomic E-state index is 0.178. The minimum Gasteiger partial charge on any atom is -0.349 e. The number of carbonyl (C=O) groups is 1. The zero-order chi connectivity index (χ0) is 14.2. The van der Waals surface area contributed by atoms with Gasteiger partial charge in [0.15, 0.2) is 0 Å². The molecule has 5 heteroatoms. The SMILES string of the molecule is C=CCNC(=O)/C=C/c1cn(Cc2ccccc2)nn1. The number of benzene rings is 1. The van der Waals surface area contributed by atoms with Crippen molar-refractivity contribution in [1.82, 2.24) is 20.3 Å². The molecule has 0 fully saturated rings. The number of hydrogen-bond donors (Lipinski definition) is 1. The molecular formula is C15H16N4O. The van der Waals surface area contributed by atoms with Crippen molar-refractivity contribution in [2.75, 3.05) is 6.54 Å². The van der Waals surface area contributed by atoms with Gasteiger partial charge in [0.1, 0.15) is 5.69 Å². The van der Waals surface area contributed by atoms with Crippen molar-refractivity contribution >= 4 is 12.0 Å². The Kier molecular flexibility index (Phi) is 4.83. The summed E-state index contributed by atoms with van der Waals surface area (Å²) >= 11 is 0. The maximum absolute atomic E-state index is 11.4. The van der Waals surface area contributed by atoms with Crippen LogP contribution in [0.4, 0.5) is 0 Å². The van der Waals surface area contributed by atoms with Gasteiger partial charge in [0.05, 0.1) is 12.7 Å². The van der Waals surface area contributed by atoms with Gasteiger partial charge in [0, 0.05) is 12.6 Å². The molecule has 0 radical (unpaired) electrons. The molecule has 0 aliphatic rings. The van der Waals surface area contributed by atoms with Crippen LogP contribution in [0.2, 0.25) is 0 Å². The Morgan fingerprint density at radius 3 is 2.90 bits per heavy atom. The fourth-order valence-corrected chi connectivity index (χ4v) is 1.63. The monoisotopic (exact) mass is 268 g/mol. The third kappa shape index (κ3) is 4.20. The summed E-state index contributed by atoms with van der Waals surface area (Å²) in [5.74, 6) is -0.178. The van der Waals surface area contributed by atoms with Crippen molar-refractivity contribution in [3.8, 4) is 0 Å². The van der Waals surface area contributed by atoms with E-state index >= 15 is 0 Å². The van der Waals surface area contributed by atoms with Crippen LogP contribution in [0.1, 0.15) is 11.3 Å². The van der Waals surface area contributed by atoms with Crippen molar-refractivity contribution in [3.63, 3.8) is 0 Å². The molecule has 0 saturated carbocycles. The van der Waals surface area contributed by atoms with Gasteiger partial charge < -0.3 is 5.32 Å². The van der Waals surface area contributed by atoms with E-state index in [9.17, 15) is 4.79 Å². The van der Waals surface area contributed by atoms with Gasteiger partial charge in [-0.1, -0.05) is 41.6 Å². The molecule has 1 heterocycles. The third-order valence-electron chi connectivity index (χ3n) is 2.57. The maximum Gasteiger partial charge on any atom is 0.244 e. The van der Waals surface area contributed by atoms with Crippen molar-refractivity contribution in [1.29, 1.82) is 0 Å². The fourth-order valence-electron chi connectivity index (χ4n) is 1.63. The van der Waals surface area contributed by atoms with Crippen LogP contribution >= 0.6 is 0 Å². The highest BCUT2D eigenvalue weighted by molar-refractivity contribution is 5.91. The molecule has 0 atom stereocenters. The molecule has 0 aliphatic carbocycles. The van der Waals surface area contributed by atoms with Crippen molar-refractivity contribution in [2.45, 2.75) is 6.54 Å². The van der Waals surface area contributed by atoms with E-state index in [0.717, 1.165) is 5.56 Å². The smallest absolute Gasteiger partial charge is 0.244 e. The Bertz CT molecular complexity index is 601. The first kappa shape index (κ1) is 13.7. The molecule has 0 aliphatic heterocycles. The normalized spacial score (nSPS) is 10.6. The second-order valence-electron chi connectivity index (χ2n) is 4.19. The van der Waals surface area contributed by atoms with Gasteiger partial charge in [-0.3, -0.25) is 4.79 Å². The first-order chi connectivity index (χ1) is 9.78. The van der Waals surface area contributed by atoms with Crippen LogP contribution in [0.15, 0.2) is 55.3 Å². The maximum atomic E-state index is 11.4. The highest BCUT2D eigenvalue weighted by atomic mass is 16.1. The van der Waals surface area contributed by atoms with Gasteiger partial charge in [-0.2, -0.15) is 0 Å². The van der Waals surface area contributed by atoms with Crippen LogP contribution in [0.25, 0.3) is 6.08 Å². The molecule has 1 N–H and O–H groups in total. The van der Waals surface area contributed by atoms with Crippen LogP contribution in [-0.4, -0.2) is 27.4 Å². The lowest BCUT2D eigenvalue weighted by atomic mass is 10.2. The fraction of sp³-hybridized carbons (Fsp3) is 0.133. The zero-order valence-corrected chi connectivity index (χ0v) is 11.1. The van der Waals surface area contributed by atoms with Crippen LogP contribution in [-0.2, 0) is 11.3 Å². The number of hydrogen-bond acceptors (Lipinski definition) is 3. The van der Waals surface area contributed by atoms with E-state index in [0.29, 0.717) is 18.8 Å². The average Bonchev–Trinajstić information content (AvgIpc) is 2.91. The summed E-state index contributed by atoms with van der Waals surface area (Å²) in [6.45, 7) is 4.64. The van der Waals surface area contributed by atoms with E-state index in [4.69, 9.17) is 0 Å². The van der Waals surface area contributed by atoms with Crippen LogP contribution in [0, 0.1) is 0 Å². The largest absolute Gasteiger partial charge is 0.349 e. The Morgan fingerprint density at radius 2 is 2.15 bits per heavy atom. The summed E-state index contributed by atoms with van der Waals surface area (Å²) in [5.41, 5.74) is 1.80. The molecule has 1 aromatic heterocycles. The Labute approximate surface area is 117 Å².